The van der Waals surface area contributed by atoms with Crippen LogP contribution in [0.1, 0.15) is 27.9 Å². The maximum atomic E-state index is 4.79. The van der Waals surface area contributed by atoms with E-state index in [0.717, 1.165) is 37.4 Å². The van der Waals surface area contributed by atoms with E-state index in [1.807, 2.05) is 18.3 Å². The molecule has 2 aromatic heterocycles. The minimum Gasteiger partial charge on any atom is -0.294 e. The molecule has 0 saturated heterocycles. The van der Waals surface area contributed by atoms with Crippen molar-refractivity contribution in [2.45, 2.75) is 33.4 Å². The van der Waals surface area contributed by atoms with Gasteiger partial charge in [0.2, 0.25) is 0 Å². The third-order valence-electron chi connectivity index (χ3n) is 5.06. The molecule has 0 radical (unpaired) electrons. The first-order valence-corrected chi connectivity index (χ1v) is 8.73. The summed E-state index contributed by atoms with van der Waals surface area (Å²) in [5.41, 5.74) is 7.62. The van der Waals surface area contributed by atoms with Crippen LogP contribution in [0.15, 0.2) is 48.9 Å². The molecule has 0 saturated carbocycles. The average molecular weight is 330 g/mol. The maximum Gasteiger partial charge on any atom is 0.159 e. The summed E-state index contributed by atoms with van der Waals surface area (Å²) >= 11 is 0. The first-order valence-electron chi connectivity index (χ1n) is 8.73. The molecule has 1 aliphatic heterocycles. The van der Waals surface area contributed by atoms with Crippen LogP contribution in [-0.2, 0) is 19.5 Å². The smallest absolute Gasteiger partial charge is 0.159 e. The van der Waals surface area contributed by atoms with E-state index in [9.17, 15) is 0 Å². The Morgan fingerprint density at radius 2 is 1.92 bits per heavy atom. The lowest BCUT2D eigenvalue weighted by Crippen LogP contribution is -2.31. The summed E-state index contributed by atoms with van der Waals surface area (Å²) in [6.45, 7) is 7.33. The second-order valence-electron chi connectivity index (χ2n) is 6.72. The molecule has 1 aromatic carbocycles. The molecule has 4 rings (SSSR count). The van der Waals surface area contributed by atoms with Gasteiger partial charge in [-0.1, -0.05) is 18.2 Å². The number of fused-ring (bicyclic) bond motifs is 1. The molecule has 4 heteroatoms. The lowest BCUT2D eigenvalue weighted by molar-refractivity contribution is 0.242. The molecule has 0 fully saturated rings. The van der Waals surface area contributed by atoms with Gasteiger partial charge < -0.3 is 0 Å². The van der Waals surface area contributed by atoms with Crippen LogP contribution in [0.5, 0.6) is 0 Å². The van der Waals surface area contributed by atoms with Gasteiger partial charge in [-0.2, -0.15) is 0 Å². The summed E-state index contributed by atoms with van der Waals surface area (Å²) < 4.78 is 0. The highest BCUT2D eigenvalue weighted by atomic mass is 15.1. The summed E-state index contributed by atoms with van der Waals surface area (Å²) in [6.07, 6.45) is 6.53. The van der Waals surface area contributed by atoms with E-state index in [-0.39, 0.29) is 0 Å². The van der Waals surface area contributed by atoms with E-state index in [2.05, 4.69) is 46.9 Å². The molecule has 0 bridgehead atoms. The van der Waals surface area contributed by atoms with Crippen molar-refractivity contribution < 1.29 is 0 Å². The largest absolute Gasteiger partial charge is 0.294 e. The summed E-state index contributed by atoms with van der Waals surface area (Å²) in [5.74, 6) is 0.795. The van der Waals surface area contributed by atoms with Crippen molar-refractivity contribution in [3.8, 4) is 11.4 Å². The van der Waals surface area contributed by atoms with E-state index in [1.165, 1.54) is 27.9 Å². The monoisotopic (exact) mass is 330 g/mol. The highest BCUT2D eigenvalue weighted by Gasteiger charge is 2.19. The average Bonchev–Trinajstić information content (AvgIpc) is 2.66. The molecule has 1 aliphatic rings. The normalized spacial score (nSPS) is 14.3. The number of nitrogens with zero attached hydrogens (tertiary/aromatic N) is 4. The molecule has 0 N–H and O–H groups in total. The number of hydrogen-bond acceptors (Lipinski definition) is 4. The topological polar surface area (TPSA) is 41.9 Å². The van der Waals surface area contributed by atoms with Gasteiger partial charge in [0.05, 0.1) is 5.69 Å². The van der Waals surface area contributed by atoms with Gasteiger partial charge in [-0.25, -0.2) is 9.97 Å². The van der Waals surface area contributed by atoms with Crippen molar-refractivity contribution in [3.05, 3.63) is 76.9 Å². The maximum absolute atomic E-state index is 4.79. The van der Waals surface area contributed by atoms with Gasteiger partial charge in [-0.3, -0.25) is 9.88 Å². The predicted octanol–water partition coefficient (Wildman–Crippen LogP) is 3.71. The molecule has 0 atom stereocenters. The molecule has 25 heavy (non-hydrogen) atoms. The predicted molar refractivity (Wildman–Crippen MR) is 99.0 cm³/mol. The number of aromatic nitrogens is 3. The number of rotatable bonds is 3. The van der Waals surface area contributed by atoms with E-state index >= 15 is 0 Å². The van der Waals surface area contributed by atoms with Gasteiger partial charge in [0.15, 0.2) is 5.82 Å². The third-order valence-corrected chi connectivity index (χ3v) is 5.06. The van der Waals surface area contributed by atoms with Gasteiger partial charge >= 0.3 is 0 Å². The van der Waals surface area contributed by atoms with Gasteiger partial charge in [0.25, 0.3) is 0 Å². The Bertz CT molecular complexity index is 890. The van der Waals surface area contributed by atoms with Crippen molar-refractivity contribution in [1.29, 1.82) is 0 Å². The van der Waals surface area contributed by atoms with Gasteiger partial charge in [0, 0.05) is 55.8 Å². The Kier molecular flexibility index (Phi) is 4.28. The Balaban J connectivity index is 1.53. The lowest BCUT2D eigenvalue weighted by atomic mass is 10.0. The quantitative estimate of drug-likeness (QED) is 0.734. The van der Waals surface area contributed by atoms with Crippen molar-refractivity contribution in [2.75, 3.05) is 6.54 Å². The number of benzene rings is 1. The van der Waals surface area contributed by atoms with Gasteiger partial charge in [0.1, 0.15) is 0 Å². The molecule has 0 aliphatic carbocycles. The summed E-state index contributed by atoms with van der Waals surface area (Å²) in [6, 6.07) is 10.5. The Hall–Kier alpha value is -2.59. The highest BCUT2D eigenvalue weighted by Crippen LogP contribution is 2.23. The molecule has 4 nitrogen and oxygen atoms in total. The highest BCUT2D eigenvalue weighted by molar-refractivity contribution is 5.54. The van der Waals surface area contributed by atoms with E-state index in [4.69, 9.17) is 4.98 Å². The van der Waals surface area contributed by atoms with Crippen LogP contribution in [-0.4, -0.2) is 26.4 Å². The zero-order valence-electron chi connectivity index (χ0n) is 14.7. The van der Waals surface area contributed by atoms with Crippen molar-refractivity contribution in [1.82, 2.24) is 19.9 Å². The standard InChI is InChI=1S/C21H22N4/c1-15-4-3-5-18(16(15)2)13-25-11-8-20-19(14-25)12-23-21(24-20)17-6-9-22-10-7-17/h3-7,9-10,12H,8,11,13-14H2,1-2H3. The Morgan fingerprint density at radius 3 is 2.76 bits per heavy atom. The van der Waals surface area contributed by atoms with E-state index < -0.39 is 0 Å². The fourth-order valence-corrected chi connectivity index (χ4v) is 3.37. The number of pyridine rings is 1. The van der Waals surface area contributed by atoms with E-state index in [1.54, 1.807) is 12.4 Å². The zero-order chi connectivity index (χ0) is 17.2. The summed E-state index contributed by atoms with van der Waals surface area (Å²) in [7, 11) is 0. The molecule has 0 spiro atoms. The number of hydrogen-bond donors (Lipinski definition) is 0. The summed E-state index contributed by atoms with van der Waals surface area (Å²) in [5, 5.41) is 0. The minimum absolute atomic E-state index is 0.795. The van der Waals surface area contributed by atoms with Crippen LogP contribution in [0.3, 0.4) is 0 Å². The Labute approximate surface area is 148 Å². The van der Waals surface area contributed by atoms with Crippen LogP contribution in [0.2, 0.25) is 0 Å². The fraction of sp³-hybridized carbons (Fsp3) is 0.286. The molecule has 126 valence electrons. The van der Waals surface area contributed by atoms with Crippen molar-refractivity contribution in [3.63, 3.8) is 0 Å². The van der Waals surface area contributed by atoms with Crippen molar-refractivity contribution in [2.24, 2.45) is 0 Å². The molecule has 0 unspecified atom stereocenters. The third kappa shape index (κ3) is 3.30. The first kappa shape index (κ1) is 15.9. The second kappa shape index (κ2) is 6.73. The number of aryl methyl sites for hydroxylation is 1. The molecule has 3 heterocycles. The second-order valence-corrected chi connectivity index (χ2v) is 6.72. The van der Waals surface area contributed by atoms with Gasteiger partial charge in [-0.15, -0.1) is 0 Å². The van der Waals surface area contributed by atoms with E-state index in [0.29, 0.717) is 0 Å². The van der Waals surface area contributed by atoms with Crippen LogP contribution in [0.4, 0.5) is 0 Å². The van der Waals surface area contributed by atoms with Crippen LogP contribution >= 0.6 is 0 Å². The zero-order valence-corrected chi connectivity index (χ0v) is 14.7. The minimum atomic E-state index is 0.795. The molecular weight excluding hydrogens is 308 g/mol. The molecular formula is C21H22N4. The Morgan fingerprint density at radius 1 is 1.08 bits per heavy atom. The summed E-state index contributed by atoms with van der Waals surface area (Å²) in [4.78, 5) is 15.9. The SMILES string of the molecule is Cc1cccc(CN2CCc3nc(-c4ccncc4)ncc3C2)c1C. The van der Waals surface area contributed by atoms with Crippen LogP contribution < -0.4 is 0 Å². The van der Waals surface area contributed by atoms with Crippen LogP contribution in [0, 0.1) is 13.8 Å². The molecule has 0 amide bonds. The fourth-order valence-electron chi connectivity index (χ4n) is 3.37. The lowest BCUT2D eigenvalue weighted by Gasteiger charge is -2.28. The van der Waals surface area contributed by atoms with Crippen molar-refractivity contribution >= 4 is 0 Å². The van der Waals surface area contributed by atoms with Gasteiger partial charge in [-0.05, 0) is 42.7 Å². The van der Waals surface area contributed by atoms with Crippen LogP contribution in [0.25, 0.3) is 11.4 Å². The first-order chi connectivity index (χ1) is 12.2. The molecule has 3 aromatic rings.